The van der Waals surface area contributed by atoms with Gasteiger partial charge in [-0.2, -0.15) is 4.31 Å². The first kappa shape index (κ1) is 23.4. The van der Waals surface area contributed by atoms with Gasteiger partial charge in [0.1, 0.15) is 0 Å². The Kier molecular flexibility index (Phi) is 7.29. The van der Waals surface area contributed by atoms with Crippen molar-refractivity contribution in [2.24, 2.45) is 5.92 Å². The van der Waals surface area contributed by atoms with Gasteiger partial charge in [0.15, 0.2) is 5.13 Å². The Morgan fingerprint density at radius 3 is 2.81 bits per heavy atom. The summed E-state index contributed by atoms with van der Waals surface area (Å²) in [5.41, 5.74) is 1.27. The second-order valence-corrected chi connectivity index (χ2v) is 11.8. The van der Waals surface area contributed by atoms with Crippen LogP contribution in [0, 0.1) is 5.92 Å². The fraction of sp³-hybridized carbons (Fsp3) is 0.565. The number of likely N-dealkylation sites (tertiary alicyclic amines) is 1. The number of amides is 1. The lowest BCUT2D eigenvalue weighted by Gasteiger charge is -2.32. The number of aromatic nitrogens is 1. The Morgan fingerprint density at radius 1 is 1.19 bits per heavy atom. The maximum Gasteiger partial charge on any atom is 0.257 e. The van der Waals surface area contributed by atoms with E-state index in [4.69, 9.17) is 0 Å². The van der Waals surface area contributed by atoms with E-state index >= 15 is 0 Å². The van der Waals surface area contributed by atoms with Crippen molar-refractivity contribution in [2.45, 2.75) is 63.4 Å². The van der Waals surface area contributed by atoms with E-state index in [9.17, 15) is 13.2 Å². The molecule has 32 heavy (non-hydrogen) atoms. The molecule has 9 heteroatoms. The predicted octanol–water partition coefficient (Wildman–Crippen LogP) is 4.19. The summed E-state index contributed by atoms with van der Waals surface area (Å²) >= 11 is 1.40. The molecule has 7 nitrogen and oxygen atoms in total. The highest BCUT2D eigenvalue weighted by atomic mass is 32.2. The Balaban J connectivity index is 1.43. The lowest BCUT2D eigenvalue weighted by molar-refractivity contribution is 0.102. The van der Waals surface area contributed by atoms with Crippen LogP contribution >= 0.6 is 11.3 Å². The van der Waals surface area contributed by atoms with E-state index in [1.165, 1.54) is 30.2 Å². The molecule has 0 bridgehead atoms. The summed E-state index contributed by atoms with van der Waals surface area (Å²) in [6.07, 6.45) is 5.27. The van der Waals surface area contributed by atoms with Crippen LogP contribution in [0.2, 0.25) is 0 Å². The van der Waals surface area contributed by atoms with E-state index in [2.05, 4.69) is 22.1 Å². The van der Waals surface area contributed by atoms with Crippen LogP contribution in [0.3, 0.4) is 0 Å². The molecule has 2 aromatic rings. The van der Waals surface area contributed by atoms with Crippen LogP contribution in [0.1, 0.15) is 62.0 Å². The molecule has 2 fully saturated rings. The smallest absolute Gasteiger partial charge is 0.257 e. The number of anilines is 1. The molecule has 0 saturated carbocycles. The second kappa shape index (κ2) is 9.99. The molecule has 0 spiro atoms. The van der Waals surface area contributed by atoms with Crippen LogP contribution in [0.25, 0.3) is 0 Å². The first-order valence-electron chi connectivity index (χ1n) is 11.4. The normalized spacial score (nSPS) is 23.2. The van der Waals surface area contributed by atoms with Crippen LogP contribution < -0.4 is 5.32 Å². The third-order valence-electron chi connectivity index (χ3n) is 6.34. The minimum atomic E-state index is -3.62. The number of benzene rings is 1. The van der Waals surface area contributed by atoms with Crippen molar-refractivity contribution in [1.29, 1.82) is 0 Å². The first-order valence-corrected chi connectivity index (χ1v) is 13.7. The molecule has 4 rings (SSSR count). The van der Waals surface area contributed by atoms with Gasteiger partial charge in [-0.15, -0.1) is 11.3 Å². The van der Waals surface area contributed by atoms with Crippen molar-refractivity contribution in [3.05, 3.63) is 40.9 Å². The Labute approximate surface area is 194 Å². The minimum absolute atomic E-state index is 0.0251. The number of nitrogens with one attached hydrogen (secondary N) is 1. The van der Waals surface area contributed by atoms with Gasteiger partial charge in [0.05, 0.1) is 10.6 Å². The topological polar surface area (TPSA) is 82.6 Å². The first-order chi connectivity index (χ1) is 15.3. The molecule has 1 N–H and O–H groups in total. The number of piperidine rings is 2. The molecule has 1 aromatic carbocycles. The van der Waals surface area contributed by atoms with Crippen LogP contribution in [0.15, 0.2) is 34.5 Å². The summed E-state index contributed by atoms with van der Waals surface area (Å²) in [5, 5.41) is 5.35. The van der Waals surface area contributed by atoms with Gasteiger partial charge in [0.2, 0.25) is 10.0 Å². The predicted molar refractivity (Wildman–Crippen MR) is 127 cm³/mol. The maximum atomic E-state index is 13.1. The molecular weight excluding hydrogens is 444 g/mol. The standard InChI is InChI=1S/C23H32N4O3S2/c1-17-7-6-11-26(14-17)15-20-16-31-23(24-20)25-22(28)19-9-5-10-21(13-19)32(29,30)27-12-4-3-8-18(27)2/h5,9-10,13,16-18H,3-4,6-8,11-12,14-15H2,1-2H3,(H,24,25,28). The van der Waals surface area contributed by atoms with Gasteiger partial charge in [0.25, 0.3) is 5.91 Å². The minimum Gasteiger partial charge on any atom is -0.298 e. The molecular formula is C23H32N4O3S2. The number of carbonyl (C=O) groups excluding carboxylic acids is 1. The third kappa shape index (κ3) is 5.39. The van der Waals surface area contributed by atoms with E-state index in [-0.39, 0.29) is 16.8 Å². The molecule has 2 aliphatic heterocycles. The summed E-state index contributed by atoms with van der Waals surface area (Å²) < 4.78 is 27.8. The average molecular weight is 477 g/mol. The Bertz CT molecular complexity index is 1050. The highest BCUT2D eigenvalue weighted by Crippen LogP contribution is 2.26. The van der Waals surface area contributed by atoms with Crippen molar-refractivity contribution in [3.8, 4) is 0 Å². The number of nitrogens with zero attached hydrogens (tertiary/aromatic N) is 3. The zero-order chi connectivity index (χ0) is 22.7. The maximum absolute atomic E-state index is 13.1. The number of hydrogen-bond donors (Lipinski definition) is 1. The number of sulfonamides is 1. The van der Waals surface area contributed by atoms with Crippen LogP contribution in [0.4, 0.5) is 5.13 Å². The molecule has 2 atom stereocenters. The fourth-order valence-electron chi connectivity index (χ4n) is 4.63. The molecule has 0 aliphatic carbocycles. The highest BCUT2D eigenvalue weighted by Gasteiger charge is 2.31. The van der Waals surface area contributed by atoms with E-state index in [1.807, 2.05) is 12.3 Å². The third-order valence-corrected chi connectivity index (χ3v) is 9.16. The van der Waals surface area contributed by atoms with Crippen molar-refractivity contribution in [3.63, 3.8) is 0 Å². The number of carbonyl (C=O) groups is 1. The summed E-state index contributed by atoms with van der Waals surface area (Å²) in [4.78, 5) is 20.0. The summed E-state index contributed by atoms with van der Waals surface area (Å²) in [7, 11) is -3.62. The molecule has 2 saturated heterocycles. The number of thiazole rings is 1. The van der Waals surface area contributed by atoms with Gasteiger partial charge in [-0.25, -0.2) is 13.4 Å². The van der Waals surface area contributed by atoms with Crippen molar-refractivity contribution >= 4 is 32.4 Å². The fourth-order valence-corrected chi connectivity index (χ4v) is 7.07. The lowest BCUT2D eigenvalue weighted by atomic mass is 10.0. The summed E-state index contributed by atoms with van der Waals surface area (Å²) in [6, 6.07) is 6.27. The number of rotatable bonds is 6. The Morgan fingerprint density at radius 2 is 2.03 bits per heavy atom. The lowest BCUT2D eigenvalue weighted by Crippen LogP contribution is -2.41. The van der Waals surface area contributed by atoms with Gasteiger partial charge in [-0.3, -0.25) is 15.0 Å². The zero-order valence-corrected chi connectivity index (χ0v) is 20.4. The van der Waals surface area contributed by atoms with E-state index in [0.717, 1.165) is 44.6 Å². The molecule has 3 heterocycles. The number of hydrogen-bond acceptors (Lipinski definition) is 6. The van der Waals surface area contributed by atoms with Gasteiger partial charge < -0.3 is 0 Å². The van der Waals surface area contributed by atoms with Crippen molar-refractivity contribution in [1.82, 2.24) is 14.2 Å². The van der Waals surface area contributed by atoms with E-state index in [1.54, 1.807) is 22.5 Å². The molecule has 2 aliphatic rings. The van der Waals surface area contributed by atoms with Crippen LogP contribution in [0.5, 0.6) is 0 Å². The summed E-state index contributed by atoms with van der Waals surface area (Å²) in [5.74, 6) is 0.360. The van der Waals surface area contributed by atoms with Gasteiger partial charge in [-0.1, -0.05) is 19.4 Å². The van der Waals surface area contributed by atoms with Crippen LogP contribution in [-0.4, -0.2) is 54.2 Å². The van der Waals surface area contributed by atoms with Gasteiger partial charge >= 0.3 is 0 Å². The molecule has 1 amide bonds. The van der Waals surface area contributed by atoms with Crippen LogP contribution in [-0.2, 0) is 16.6 Å². The summed E-state index contributed by atoms with van der Waals surface area (Å²) in [6.45, 7) is 7.70. The molecule has 174 valence electrons. The van der Waals surface area contributed by atoms with E-state index < -0.39 is 10.0 Å². The van der Waals surface area contributed by atoms with E-state index in [0.29, 0.717) is 23.2 Å². The van der Waals surface area contributed by atoms with Crippen molar-refractivity contribution < 1.29 is 13.2 Å². The monoisotopic (exact) mass is 476 g/mol. The quantitative estimate of drug-likeness (QED) is 0.676. The average Bonchev–Trinajstić information content (AvgIpc) is 3.20. The molecule has 1 aromatic heterocycles. The zero-order valence-electron chi connectivity index (χ0n) is 18.8. The SMILES string of the molecule is CC1CCCN(Cc2csc(NC(=O)c3cccc(S(=O)(=O)N4CCCCC4C)c3)n2)C1. The largest absolute Gasteiger partial charge is 0.298 e. The highest BCUT2D eigenvalue weighted by molar-refractivity contribution is 7.89. The Hall–Kier alpha value is -1.81. The van der Waals surface area contributed by atoms with Gasteiger partial charge in [-0.05, 0) is 63.3 Å². The van der Waals surface area contributed by atoms with Crippen molar-refractivity contribution in [2.75, 3.05) is 25.0 Å². The molecule has 0 radical (unpaired) electrons. The molecule has 2 unspecified atom stereocenters. The van der Waals surface area contributed by atoms with Gasteiger partial charge in [0, 0.05) is 36.6 Å². The second-order valence-electron chi connectivity index (χ2n) is 9.07.